The maximum atomic E-state index is 12.9. The van der Waals surface area contributed by atoms with Gasteiger partial charge in [0.15, 0.2) is 4.32 Å². The summed E-state index contributed by atoms with van der Waals surface area (Å²) in [5, 5.41) is 11.5. The first-order valence-electron chi connectivity index (χ1n) is 9.26. The van der Waals surface area contributed by atoms with Crippen molar-refractivity contribution in [2.75, 3.05) is 19.1 Å². The summed E-state index contributed by atoms with van der Waals surface area (Å²) in [5.41, 5.74) is 0.794. The standard InChI is InChI=1S/C22H16N2O6S2/c1-28-14-5-3-13(4-6-14)23-21(25)20(32-22(23)31)12-16-8-10-19(30-16)17-9-7-15(29-2)11-18(17)24(26)27/h3-12H,1-2H3/b20-12-. The van der Waals surface area contributed by atoms with Crippen LogP contribution < -0.4 is 14.4 Å². The number of nitrogens with zero attached hydrogens (tertiary/aromatic N) is 2. The Morgan fingerprint density at radius 2 is 1.75 bits per heavy atom. The van der Waals surface area contributed by atoms with Gasteiger partial charge >= 0.3 is 0 Å². The van der Waals surface area contributed by atoms with E-state index in [0.29, 0.717) is 43.5 Å². The van der Waals surface area contributed by atoms with Gasteiger partial charge in [0.05, 0.1) is 41.4 Å². The van der Waals surface area contributed by atoms with Gasteiger partial charge in [-0.15, -0.1) is 0 Å². The lowest BCUT2D eigenvalue weighted by molar-refractivity contribution is -0.384. The van der Waals surface area contributed by atoms with Crippen molar-refractivity contribution in [2.45, 2.75) is 0 Å². The van der Waals surface area contributed by atoms with Gasteiger partial charge in [0.1, 0.15) is 23.0 Å². The number of nitro benzene ring substituents is 1. The zero-order chi connectivity index (χ0) is 22.8. The minimum absolute atomic E-state index is 0.143. The molecule has 162 valence electrons. The molecule has 1 amide bonds. The molecule has 0 atom stereocenters. The summed E-state index contributed by atoms with van der Waals surface area (Å²) in [6.45, 7) is 0. The predicted molar refractivity (Wildman–Crippen MR) is 126 cm³/mol. The number of methoxy groups -OCH3 is 2. The molecule has 8 nitrogen and oxygen atoms in total. The number of hydrogen-bond acceptors (Lipinski definition) is 8. The van der Waals surface area contributed by atoms with Crippen LogP contribution in [0.3, 0.4) is 0 Å². The maximum Gasteiger partial charge on any atom is 0.284 e. The molecule has 4 rings (SSSR count). The predicted octanol–water partition coefficient (Wildman–Crippen LogP) is 5.28. The van der Waals surface area contributed by atoms with Crippen LogP contribution in [-0.4, -0.2) is 29.4 Å². The number of nitro groups is 1. The first-order chi connectivity index (χ1) is 15.4. The number of ether oxygens (including phenoxy) is 2. The largest absolute Gasteiger partial charge is 0.497 e. The number of anilines is 1. The summed E-state index contributed by atoms with van der Waals surface area (Å²) in [7, 11) is 3.00. The van der Waals surface area contributed by atoms with Gasteiger partial charge in [-0.05, 0) is 48.5 Å². The highest BCUT2D eigenvalue weighted by Gasteiger charge is 2.33. The average Bonchev–Trinajstić information content (AvgIpc) is 3.37. The Morgan fingerprint density at radius 1 is 1.06 bits per heavy atom. The maximum absolute atomic E-state index is 12.9. The zero-order valence-corrected chi connectivity index (χ0v) is 18.6. The van der Waals surface area contributed by atoms with E-state index in [9.17, 15) is 14.9 Å². The Bertz CT molecular complexity index is 1250. The molecule has 2 aromatic carbocycles. The number of carbonyl (C=O) groups excluding carboxylic acids is 1. The summed E-state index contributed by atoms with van der Waals surface area (Å²) < 4.78 is 16.4. The number of rotatable bonds is 6. The summed E-state index contributed by atoms with van der Waals surface area (Å²) >= 11 is 6.54. The average molecular weight is 469 g/mol. The van der Waals surface area contributed by atoms with Crippen LogP contribution in [0.15, 0.2) is 63.9 Å². The number of hydrogen-bond donors (Lipinski definition) is 0. The first-order valence-corrected chi connectivity index (χ1v) is 10.5. The Morgan fingerprint density at radius 3 is 2.41 bits per heavy atom. The van der Waals surface area contributed by atoms with E-state index in [0.717, 1.165) is 11.8 Å². The van der Waals surface area contributed by atoms with Crippen LogP contribution in [0.1, 0.15) is 5.76 Å². The van der Waals surface area contributed by atoms with E-state index in [1.807, 2.05) is 0 Å². The number of carbonyl (C=O) groups is 1. The van der Waals surface area contributed by atoms with Gasteiger partial charge in [0.25, 0.3) is 11.6 Å². The van der Waals surface area contributed by atoms with E-state index in [1.54, 1.807) is 61.7 Å². The third-order valence-electron chi connectivity index (χ3n) is 4.69. The molecule has 0 bridgehead atoms. The Hall–Kier alpha value is -3.63. The summed E-state index contributed by atoms with van der Waals surface area (Å²) in [4.78, 5) is 25.7. The van der Waals surface area contributed by atoms with Crippen molar-refractivity contribution in [3.63, 3.8) is 0 Å². The number of thiocarbonyl (C=S) groups is 1. The second-order valence-corrected chi connectivity index (χ2v) is 8.23. The molecule has 0 radical (unpaired) electrons. The van der Waals surface area contributed by atoms with Crippen LogP contribution in [0.4, 0.5) is 11.4 Å². The quantitative estimate of drug-likeness (QED) is 0.209. The van der Waals surface area contributed by atoms with Crippen LogP contribution >= 0.6 is 24.0 Å². The molecule has 0 saturated carbocycles. The van der Waals surface area contributed by atoms with Crippen molar-refractivity contribution in [3.05, 3.63) is 75.4 Å². The second-order valence-electron chi connectivity index (χ2n) is 6.56. The van der Waals surface area contributed by atoms with Crippen molar-refractivity contribution in [3.8, 4) is 22.8 Å². The van der Waals surface area contributed by atoms with Crippen LogP contribution in [0.25, 0.3) is 17.4 Å². The van der Waals surface area contributed by atoms with Crippen molar-refractivity contribution in [1.29, 1.82) is 0 Å². The zero-order valence-electron chi connectivity index (χ0n) is 16.9. The summed E-state index contributed by atoms with van der Waals surface area (Å²) in [6, 6.07) is 14.8. The van der Waals surface area contributed by atoms with Crippen molar-refractivity contribution in [1.82, 2.24) is 0 Å². The highest BCUT2D eigenvalue weighted by molar-refractivity contribution is 8.27. The fraction of sp³-hybridized carbons (Fsp3) is 0.0909. The molecule has 10 heteroatoms. The van der Waals surface area contributed by atoms with Gasteiger partial charge in [-0.1, -0.05) is 24.0 Å². The van der Waals surface area contributed by atoms with Crippen LogP contribution in [0, 0.1) is 10.1 Å². The molecule has 0 spiro atoms. The van der Waals surface area contributed by atoms with E-state index in [4.69, 9.17) is 26.1 Å². The molecule has 0 unspecified atom stereocenters. The third-order valence-corrected chi connectivity index (χ3v) is 5.99. The van der Waals surface area contributed by atoms with Crippen molar-refractivity contribution >= 4 is 51.7 Å². The SMILES string of the molecule is COc1ccc(N2C(=O)/C(=C/c3ccc(-c4ccc(OC)cc4[N+](=O)[O-])o3)SC2=S)cc1. The lowest BCUT2D eigenvalue weighted by Crippen LogP contribution is -2.27. The van der Waals surface area contributed by atoms with Gasteiger partial charge in [-0.2, -0.15) is 0 Å². The Kier molecular flexibility index (Phi) is 5.97. The molecule has 2 heterocycles. The van der Waals surface area contributed by atoms with Gasteiger partial charge in [0, 0.05) is 6.08 Å². The van der Waals surface area contributed by atoms with Crippen molar-refractivity contribution in [2.24, 2.45) is 0 Å². The molecule has 1 saturated heterocycles. The van der Waals surface area contributed by atoms with E-state index in [2.05, 4.69) is 0 Å². The van der Waals surface area contributed by atoms with Crippen LogP contribution in [-0.2, 0) is 4.79 Å². The van der Waals surface area contributed by atoms with Crippen molar-refractivity contribution < 1.29 is 23.6 Å². The molecule has 3 aromatic rings. The lowest BCUT2D eigenvalue weighted by Gasteiger charge is -2.14. The number of thioether (sulfide) groups is 1. The van der Waals surface area contributed by atoms with Gasteiger partial charge in [0.2, 0.25) is 0 Å². The summed E-state index contributed by atoms with van der Waals surface area (Å²) in [5.74, 6) is 1.44. The molecular weight excluding hydrogens is 452 g/mol. The number of benzene rings is 2. The molecular formula is C22H16N2O6S2. The topological polar surface area (TPSA) is 95.0 Å². The molecule has 1 fully saturated rings. The highest BCUT2D eigenvalue weighted by Crippen LogP contribution is 2.38. The molecule has 0 aliphatic carbocycles. The normalized spacial score (nSPS) is 14.8. The van der Waals surface area contributed by atoms with Gasteiger partial charge in [-0.3, -0.25) is 19.8 Å². The fourth-order valence-electron chi connectivity index (χ4n) is 3.12. The first kappa shape index (κ1) is 21.6. The number of furan rings is 1. The molecule has 0 N–H and O–H groups in total. The van der Waals surface area contributed by atoms with E-state index in [-0.39, 0.29) is 11.6 Å². The highest BCUT2D eigenvalue weighted by atomic mass is 32.2. The Balaban J connectivity index is 1.62. The van der Waals surface area contributed by atoms with Crippen LogP contribution in [0.2, 0.25) is 0 Å². The molecule has 1 aliphatic rings. The second kappa shape index (κ2) is 8.85. The summed E-state index contributed by atoms with van der Waals surface area (Å²) in [6.07, 6.45) is 1.57. The monoisotopic (exact) mass is 468 g/mol. The van der Waals surface area contributed by atoms with E-state index >= 15 is 0 Å². The van der Waals surface area contributed by atoms with E-state index < -0.39 is 4.92 Å². The van der Waals surface area contributed by atoms with Gasteiger partial charge in [-0.25, -0.2) is 0 Å². The molecule has 1 aliphatic heterocycles. The molecule has 1 aromatic heterocycles. The third kappa shape index (κ3) is 4.10. The Labute approximate surface area is 192 Å². The number of amides is 1. The van der Waals surface area contributed by atoms with Crippen LogP contribution in [0.5, 0.6) is 11.5 Å². The minimum atomic E-state index is -0.500. The lowest BCUT2D eigenvalue weighted by atomic mass is 10.1. The minimum Gasteiger partial charge on any atom is -0.497 e. The van der Waals surface area contributed by atoms with Gasteiger partial charge < -0.3 is 13.9 Å². The molecule has 32 heavy (non-hydrogen) atoms. The smallest absolute Gasteiger partial charge is 0.284 e. The fourth-order valence-corrected chi connectivity index (χ4v) is 4.40. The van der Waals surface area contributed by atoms with E-state index in [1.165, 1.54) is 18.1 Å².